The molecule has 1 fully saturated rings. The first-order valence-corrected chi connectivity index (χ1v) is 11.4. The molecule has 170 valence electrons. The number of likely N-dealkylation sites (N-methyl/N-ethyl adjacent to an activating group) is 1. The number of methoxy groups -OCH3 is 1. The summed E-state index contributed by atoms with van der Waals surface area (Å²) in [4.78, 5) is 27.5. The van der Waals surface area contributed by atoms with Gasteiger partial charge in [-0.15, -0.1) is 0 Å². The van der Waals surface area contributed by atoms with Crippen molar-refractivity contribution in [1.29, 1.82) is 0 Å². The van der Waals surface area contributed by atoms with Crippen LogP contribution in [0.2, 0.25) is 0 Å². The molecule has 0 aliphatic carbocycles. The van der Waals surface area contributed by atoms with Crippen molar-refractivity contribution in [2.75, 3.05) is 32.6 Å². The molecule has 0 spiro atoms. The molecule has 4 aromatic rings. The van der Waals surface area contributed by atoms with Crippen molar-refractivity contribution in [3.8, 4) is 0 Å². The van der Waals surface area contributed by atoms with E-state index in [9.17, 15) is 4.79 Å². The van der Waals surface area contributed by atoms with Gasteiger partial charge in [0.15, 0.2) is 0 Å². The van der Waals surface area contributed by atoms with Gasteiger partial charge in [-0.2, -0.15) is 0 Å². The topological polar surface area (TPSA) is 82.9 Å². The van der Waals surface area contributed by atoms with Crippen LogP contribution in [0.4, 0.5) is 5.82 Å². The number of hydrogen-bond donors (Lipinski definition) is 2. The predicted octanol–water partition coefficient (Wildman–Crippen LogP) is 4.38. The van der Waals surface area contributed by atoms with Crippen LogP contribution in [0.3, 0.4) is 0 Å². The Bertz CT molecular complexity index is 1320. The van der Waals surface area contributed by atoms with Crippen molar-refractivity contribution >= 4 is 33.7 Å². The lowest BCUT2D eigenvalue weighted by molar-refractivity contribution is 0.0601. The average Bonchev–Trinajstić information content (AvgIpc) is 3.24. The van der Waals surface area contributed by atoms with Crippen LogP contribution >= 0.6 is 0 Å². The minimum Gasteiger partial charge on any atom is -0.465 e. The largest absolute Gasteiger partial charge is 0.465 e. The van der Waals surface area contributed by atoms with Crippen LogP contribution in [0.15, 0.2) is 48.5 Å². The molecule has 7 nitrogen and oxygen atoms in total. The van der Waals surface area contributed by atoms with E-state index < -0.39 is 0 Å². The Labute approximate surface area is 193 Å². The third kappa shape index (κ3) is 4.28. The molecule has 0 amide bonds. The van der Waals surface area contributed by atoms with Crippen molar-refractivity contribution in [3.63, 3.8) is 0 Å². The standard InChI is InChI=1S/C26H29N5O2/c1-26(16-31(26)2)12-7-13-27-23-22-19-11-10-18(25(32)33-3)15-20(19)28-24(22)30-21(29-23)14-17-8-5-4-6-9-17/h4-6,8-11,15H,7,12-14,16H2,1-3H3,(H2,27,28,29,30). The molecule has 1 saturated heterocycles. The Kier molecular flexibility index (Phi) is 5.50. The summed E-state index contributed by atoms with van der Waals surface area (Å²) in [7, 11) is 3.56. The summed E-state index contributed by atoms with van der Waals surface area (Å²) in [6.45, 7) is 4.32. The fraction of sp³-hybridized carbons (Fsp3) is 0.346. The molecular weight excluding hydrogens is 414 g/mol. The predicted molar refractivity (Wildman–Crippen MR) is 131 cm³/mol. The molecule has 3 heterocycles. The summed E-state index contributed by atoms with van der Waals surface area (Å²) in [5, 5.41) is 5.51. The van der Waals surface area contributed by atoms with Gasteiger partial charge < -0.3 is 15.0 Å². The van der Waals surface area contributed by atoms with Crippen LogP contribution in [0, 0.1) is 0 Å². The van der Waals surface area contributed by atoms with Gasteiger partial charge in [0, 0.05) is 36.0 Å². The Morgan fingerprint density at radius 1 is 1.21 bits per heavy atom. The number of rotatable bonds is 8. The first-order valence-electron chi connectivity index (χ1n) is 11.4. The summed E-state index contributed by atoms with van der Waals surface area (Å²) in [5.74, 6) is 1.23. The van der Waals surface area contributed by atoms with Gasteiger partial charge in [0.2, 0.25) is 0 Å². The number of nitrogens with one attached hydrogen (secondary N) is 2. The van der Waals surface area contributed by atoms with E-state index in [0.717, 1.165) is 65.1 Å². The molecule has 0 bridgehead atoms. The molecule has 2 aromatic heterocycles. The zero-order valence-corrected chi connectivity index (χ0v) is 19.3. The number of H-pyrrole nitrogens is 1. The summed E-state index contributed by atoms with van der Waals surface area (Å²) < 4.78 is 4.88. The number of carbonyl (C=O) groups is 1. The highest BCUT2D eigenvalue weighted by Gasteiger charge is 2.43. The molecule has 2 unspecified atom stereocenters. The van der Waals surface area contributed by atoms with Gasteiger partial charge in [0.05, 0.1) is 18.1 Å². The van der Waals surface area contributed by atoms with E-state index in [1.807, 2.05) is 30.3 Å². The van der Waals surface area contributed by atoms with Gasteiger partial charge in [-0.25, -0.2) is 14.8 Å². The number of hydrogen-bond acceptors (Lipinski definition) is 6. The van der Waals surface area contributed by atoms with E-state index in [0.29, 0.717) is 17.5 Å². The summed E-state index contributed by atoms with van der Waals surface area (Å²) >= 11 is 0. The Hall–Kier alpha value is -3.45. The quantitative estimate of drug-likeness (QED) is 0.239. The third-order valence-electron chi connectivity index (χ3n) is 6.70. The van der Waals surface area contributed by atoms with E-state index in [4.69, 9.17) is 14.7 Å². The van der Waals surface area contributed by atoms with E-state index in [1.165, 1.54) is 7.11 Å². The molecule has 2 atom stereocenters. The number of aromatic amines is 1. The fourth-order valence-corrected chi connectivity index (χ4v) is 4.50. The fourth-order valence-electron chi connectivity index (χ4n) is 4.50. The van der Waals surface area contributed by atoms with Gasteiger partial charge in [-0.05, 0) is 44.5 Å². The Morgan fingerprint density at radius 2 is 2.00 bits per heavy atom. The number of esters is 1. The first-order chi connectivity index (χ1) is 16.0. The number of carbonyl (C=O) groups excluding carboxylic acids is 1. The maximum Gasteiger partial charge on any atom is 0.337 e. The maximum atomic E-state index is 12.0. The van der Waals surface area contributed by atoms with Crippen LogP contribution in [-0.4, -0.2) is 58.6 Å². The van der Waals surface area contributed by atoms with Crippen LogP contribution in [-0.2, 0) is 11.2 Å². The lowest BCUT2D eigenvalue weighted by Crippen LogP contribution is -2.14. The van der Waals surface area contributed by atoms with Crippen molar-refractivity contribution in [1.82, 2.24) is 19.9 Å². The highest BCUT2D eigenvalue weighted by molar-refractivity contribution is 6.12. The smallest absolute Gasteiger partial charge is 0.337 e. The average molecular weight is 444 g/mol. The van der Waals surface area contributed by atoms with E-state index in [1.54, 1.807) is 6.07 Å². The van der Waals surface area contributed by atoms with Crippen molar-refractivity contribution < 1.29 is 9.53 Å². The van der Waals surface area contributed by atoms with Crippen LogP contribution in [0.1, 0.15) is 41.5 Å². The molecule has 7 heteroatoms. The number of ether oxygens (including phenoxy) is 1. The van der Waals surface area contributed by atoms with Gasteiger partial charge in [0.25, 0.3) is 0 Å². The molecule has 2 aromatic carbocycles. The lowest BCUT2D eigenvalue weighted by Gasteiger charge is -2.12. The normalized spacial score (nSPS) is 19.7. The summed E-state index contributed by atoms with van der Waals surface area (Å²) in [6.07, 6.45) is 2.87. The molecule has 0 radical (unpaired) electrons. The molecule has 33 heavy (non-hydrogen) atoms. The van der Waals surface area contributed by atoms with Gasteiger partial charge >= 0.3 is 5.97 Å². The maximum absolute atomic E-state index is 12.0. The van der Waals surface area contributed by atoms with E-state index in [2.05, 4.69) is 41.3 Å². The minimum absolute atomic E-state index is 0.339. The van der Waals surface area contributed by atoms with Gasteiger partial charge in [-0.1, -0.05) is 36.4 Å². The van der Waals surface area contributed by atoms with Crippen LogP contribution in [0.25, 0.3) is 21.9 Å². The van der Waals surface area contributed by atoms with Crippen LogP contribution < -0.4 is 5.32 Å². The summed E-state index contributed by atoms with van der Waals surface area (Å²) in [6, 6.07) is 15.8. The number of aromatic nitrogens is 3. The van der Waals surface area contributed by atoms with E-state index >= 15 is 0 Å². The Balaban J connectivity index is 1.49. The molecule has 1 aliphatic rings. The number of benzene rings is 2. The molecule has 5 rings (SSSR count). The first kappa shape index (κ1) is 21.4. The highest BCUT2D eigenvalue weighted by Crippen LogP contribution is 2.34. The zero-order valence-electron chi connectivity index (χ0n) is 19.3. The molecule has 0 saturated carbocycles. The molecule has 2 N–H and O–H groups in total. The monoisotopic (exact) mass is 443 g/mol. The number of nitrogens with zero attached hydrogens (tertiary/aromatic N) is 3. The third-order valence-corrected chi connectivity index (χ3v) is 6.70. The number of fused-ring (bicyclic) bond motifs is 3. The highest BCUT2D eigenvalue weighted by atomic mass is 16.5. The second-order valence-corrected chi connectivity index (χ2v) is 9.13. The lowest BCUT2D eigenvalue weighted by atomic mass is 10.1. The van der Waals surface area contributed by atoms with Crippen molar-refractivity contribution in [3.05, 3.63) is 65.5 Å². The molecular formula is C26H29N5O2. The SMILES string of the molecule is COC(=O)c1ccc2c(c1)[nH]c1nc(Cc3ccccc3)nc(NCCCC3(C)CN3C)c12. The Morgan fingerprint density at radius 3 is 2.73 bits per heavy atom. The van der Waals surface area contributed by atoms with Crippen LogP contribution in [0.5, 0.6) is 0 Å². The molecule has 1 aliphatic heterocycles. The number of anilines is 1. The zero-order chi connectivity index (χ0) is 23.0. The van der Waals surface area contributed by atoms with Gasteiger partial charge in [-0.3, -0.25) is 4.90 Å². The van der Waals surface area contributed by atoms with E-state index in [-0.39, 0.29) is 5.97 Å². The van der Waals surface area contributed by atoms with Crippen molar-refractivity contribution in [2.24, 2.45) is 0 Å². The second kappa shape index (κ2) is 8.48. The van der Waals surface area contributed by atoms with Gasteiger partial charge in [0.1, 0.15) is 17.3 Å². The summed E-state index contributed by atoms with van der Waals surface area (Å²) in [5.41, 5.74) is 3.62. The minimum atomic E-state index is -0.358. The second-order valence-electron chi connectivity index (χ2n) is 9.13. The van der Waals surface area contributed by atoms with Crippen molar-refractivity contribution in [2.45, 2.75) is 31.7 Å².